The summed E-state index contributed by atoms with van der Waals surface area (Å²) in [6.45, 7) is 0.637. The van der Waals surface area contributed by atoms with Crippen molar-refractivity contribution in [1.29, 1.82) is 0 Å². The first-order chi connectivity index (χ1) is 16.9. The van der Waals surface area contributed by atoms with Crippen molar-refractivity contribution < 1.29 is 21.8 Å². The first kappa shape index (κ1) is 30.8. The van der Waals surface area contributed by atoms with Gasteiger partial charge in [-0.3, -0.25) is 0 Å². The van der Waals surface area contributed by atoms with Crippen LogP contribution in [0, 0.1) is 14.9 Å². The molecule has 194 valence electrons. The van der Waals surface area contributed by atoms with Crippen LogP contribution in [-0.2, 0) is 21.8 Å². The van der Waals surface area contributed by atoms with Gasteiger partial charge in [0.1, 0.15) is 12.6 Å². The molecule has 2 aliphatic carbocycles. The van der Waals surface area contributed by atoms with E-state index in [1.54, 1.807) is 0 Å². The van der Waals surface area contributed by atoms with E-state index in [-0.39, 0.29) is 38.0 Å². The summed E-state index contributed by atoms with van der Waals surface area (Å²) in [5, 5.41) is 2.84. The van der Waals surface area contributed by atoms with Gasteiger partial charge in [-0.05, 0) is 56.2 Å². The van der Waals surface area contributed by atoms with Crippen molar-refractivity contribution in [3.05, 3.63) is 135 Å². The molecule has 2 atom stereocenters. The van der Waals surface area contributed by atoms with Crippen LogP contribution in [0.1, 0.15) is 43.7 Å². The summed E-state index contributed by atoms with van der Waals surface area (Å²) in [6.07, 6.45) is 13.1. The van der Waals surface area contributed by atoms with Gasteiger partial charge >= 0.3 is 17.1 Å². The summed E-state index contributed by atoms with van der Waals surface area (Å²) in [7, 11) is -0.505. The van der Waals surface area contributed by atoms with Gasteiger partial charge in [0.15, 0.2) is 0 Å². The van der Waals surface area contributed by atoms with E-state index in [1.165, 1.54) is 41.0 Å². The minimum atomic E-state index is -0.505. The van der Waals surface area contributed by atoms with Crippen molar-refractivity contribution in [1.82, 2.24) is 0 Å². The maximum atomic E-state index is 6.15. The predicted molar refractivity (Wildman–Crippen MR) is 159 cm³/mol. The Hall–Kier alpha value is -2.44. The summed E-state index contributed by atoms with van der Waals surface area (Å²) >= 11 is 0. The minimum absolute atomic E-state index is 0. The average molecular weight is 551 g/mol. The van der Waals surface area contributed by atoms with Gasteiger partial charge in [0.2, 0.25) is 5.90 Å². The van der Waals surface area contributed by atoms with Crippen LogP contribution in [0.25, 0.3) is 0 Å². The Balaban J connectivity index is 0.000000542. The zero-order valence-corrected chi connectivity index (χ0v) is 23.9. The van der Waals surface area contributed by atoms with Crippen molar-refractivity contribution in [2.45, 2.75) is 43.8 Å². The second-order valence-corrected chi connectivity index (χ2v) is 11.3. The molecule has 1 unspecified atom stereocenters. The number of ether oxygens (including phenoxy) is 1. The van der Waals surface area contributed by atoms with Crippen molar-refractivity contribution in [2.24, 2.45) is 4.99 Å². The van der Waals surface area contributed by atoms with Gasteiger partial charge in [0.05, 0.1) is 0 Å². The van der Waals surface area contributed by atoms with Crippen molar-refractivity contribution in [2.75, 3.05) is 6.61 Å². The molecule has 0 fully saturated rings. The Morgan fingerprint density at radius 3 is 1.76 bits per heavy atom. The molecule has 0 N–H and O–H groups in total. The molecule has 1 aliphatic heterocycles. The molecule has 0 saturated carbocycles. The maximum Gasteiger partial charge on any atom is 2.00 e. The number of allylic oxidation sites excluding steroid dienone is 3. The molecule has 0 aromatic heterocycles. The van der Waals surface area contributed by atoms with Gasteiger partial charge in [-0.25, -0.2) is 4.99 Å². The Labute approximate surface area is 236 Å². The molecule has 0 amide bonds. The third-order valence-corrected chi connectivity index (χ3v) is 9.40. The van der Waals surface area contributed by atoms with Gasteiger partial charge in [-0.2, -0.15) is 0 Å². The summed E-state index contributed by atoms with van der Waals surface area (Å²) in [6, 6.07) is 32.5. The third kappa shape index (κ3) is 7.78. The predicted octanol–water partition coefficient (Wildman–Crippen LogP) is 8.00. The number of rotatable bonds is 5. The molecular formula is C33H38FeNOP. The number of benzene rings is 3. The molecule has 2 nitrogen and oxygen atoms in total. The van der Waals surface area contributed by atoms with Gasteiger partial charge in [-0.1, -0.05) is 109 Å². The monoisotopic (exact) mass is 551 g/mol. The normalized spacial score (nSPS) is 19.3. The molecule has 3 aromatic rings. The van der Waals surface area contributed by atoms with E-state index in [9.17, 15) is 0 Å². The van der Waals surface area contributed by atoms with Crippen LogP contribution in [0.5, 0.6) is 0 Å². The molecule has 3 aromatic carbocycles. The van der Waals surface area contributed by atoms with Gasteiger partial charge in [0.25, 0.3) is 0 Å². The van der Waals surface area contributed by atoms with Crippen molar-refractivity contribution in [3.8, 4) is 0 Å². The first-order valence-corrected chi connectivity index (χ1v) is 13.8. The van der Waals surface area contributed by atoms with E-state index >= 15 is 0 Å². The third-order valence-electron chi connectivity index (χ3n) is 6.53. The Kier molecular flexibility index (Phi) is 13.1. The van der Waals surface area contributed by atoms with Gasteiger partial charge in [-0.15, -0.1) is 0 Å². The number of aliphatic imine (C=N–C) groups is 1. The molecule has 0 bridgehead atoms. The van der Waals surface area contributed by atoms with E-state index in [2.05, 4.69) is 103 Å². The van der Waals surface area contributed by atoms with E-state index in [0.29, 0.717) is 12.3 Å². The molecule has 1 heterocycles. The second-order valence-electron chi connectivity index (χ2n) is 8.87. The van der Waals surface area contributed by atoms with Crippen LogP contribution in [-0.4, -0.2) is 18.2 Å². The summed E-state index contributed by atoms with van der Waals surface area (Å²) in [5.41, 5.74) is 2.98. The topological polar surface area (TPSA) is 21.6 Å². The largest absolute Gasteiger partial charge is 2.00 e. The molecule has 37 heavy (non-hydrogen) atoms. The van der Waals surface area contributed by atoms with Crippen LogP contribution in [0.15, 0.2) is 120 Å². The molecule has 3 aliphatic rings. The molecule has 6 rings (SSSR count). The quantitative estimate of drug-likeness (QED) is 0.136. The zero-order valence-electron chi connectivity index (χ0n) is 21.9. The van der Waals surface area contributed by atoms with E-state index in [1.807, 2.05) is 6.07 Å². The SMILES string of the molecule is C1=C(C2=N[C@H](c3ccccc3)CO2)C(P(c2ccccc2)c2ccccc2)CC1.C1=CCCC1.[CH3-].[CH3-].[Fe+2]. The second kappa shape index (κ2) is 15.7. The first-order valence-electron chi connectivity index (χ1n) is 12.4. The maximum absolute atomic E-state index is 6.15. The fourth-order valence-corrected chi connectivity index (χ4v) is 7.75. The summed E-state index contributed by atoms with van der Waals surface area (Å²) in [4.78, 5) is 5.00. The fourth-order valence-electron chi connectivity index (χ4n) is 4.84. The Morgan fingerprint density at radius 1 is 0.703 bits per heavy atom. The van der Waals surface area contributed by atoms with Crippen LogP contribution >= 0.6 is 7.92 Å². The zero-order chi connectivity index (χ0) is 23.0. The van der Waals surface area contributed by atoms with Crippen LogP contribution in [0.4, 0.5) is 0 Å². The Morgan fingerprint density at radius 2 is 1.24 bits per heavy atom. The summed E-state index contributed by atoms with van der Waals surface area (Å²) in [5.74, 6) is 0.862. The smallest absolute Gasteiger partial charge is 0.475 e. The molecule has 0 saturated heterocycles. The molecular weight excluding hydrogens is 513 g/mol. The number of hydrogen-bond acceptors (Lipinski definition) is 2. The van der Waals surface area contributed by atoms with E-state index in [4.69, 9.17) is 9.73 Å². The Bertz CT molecular complexity index is 1100. The molecule has 0 radical (unpaired) electrons. The van der Waals surface area contributed by atoms with Crippen molar-refractivity contribution >= 4 is 24.4 Å². The van der Waals surface area contributed by atoms with Crippen LogP contribution in [0.3, 0.4) is 0 Å². The standard InChI is InChI=1S/C26H24NOP.C5H8.2CH3.Fe/c1-4-11-20(12-5-1)24-19-28-26(27-24)23-17-10-18-25(23)29(21-13-6-2-7-14-21)22-15-8-3-9-16-22;1-2-4-5-3-1;;;/h1-9,11-17,24-25H,10,18-19H2;1-2H,3-5H2;2*1H3;/q;;2*-1;+2/t24-,25?;;;;/m0..../s1. The van der Waals surface area contributed by atoms with Gasteiger partial charge in [0, 0.05) is 11.2 Å². The minimum Gasteiger partial charge on any atom is -0.475 e. The fraction of sp³-hybridized carbons (Fsp3) is 0.242. The number of nitrogens with zero attached hydrogens (tertiary/aromatic N) is 1. The molecule has 0 spiro atoms. The van der Waals surface area contributed by atoms with Crippen LogP contribution in [0.2, 0.25) is 0 Å². The summed E-state index contributed by atoms with van der Waals surface area (Å²) < 4.78 is 6.15. The molecule has 4 heteroatoms. The average Bonchev–Trinajstić information content (AvgIpc) is 3.70. The van der Waals surface area contributed by atoms with Gasteiger partial charge < -0.3 is 19.6 Å². The van der Waals surface area contributed by atoms with E-state index < -0.39 is 7.92 Å². The van der Waals surface area contributed by atoms with Crippen molar-refractivity contribution in [3.63, 3.8) is 0 Å². The van der Waals surface area contributed by atoms with Crippen LogP contribution < -0.4 is 10.6 Å². The number of hydrogen-bond donors (Lipinski definition) is 0. The van der Waals surface area contributed by atoms with E-state index in [0.717, 1.165) is 18.7 Å².